The Labute approximate surface area is 227 Å². The lowest BCUT2D eigenvalue weighted by Gasteiger charge is -2.03. The molecule has 3 N–H and O–H groups in total. The van der Waals surface area contributed by atoms with Gasteiger partial charge in [-0.25, -0.2) is 0 Å². The number of unbranched alkanes of at least 4 members (excludes halogenated alkanes) is 15. The van der Waals surface area contributed by atoms with Gasteiger partial charge >= 0.3 is 0 Å². The van der Waals surface area contributed by atoms with Crippen LogP contribution in [0.4, 0.5) is 0 Å². The second-order valence-corrected chi connectivity index (χ2v) is 9.57. The van der Waals surface area contributed by atoms with Crippen molar-refractivity contribution >= 4 is 5.78 Å². The average Bonchev–Trinajstić information content (AvgIpc) is 2.90. The molecule has 0 saturated heterocycles. The van der Waals surface area contributed by atoms with Gasteiger partial charge in [-0.15, -0.1) is 6.42 Å². The van der Waals surface area contributed by atoms with Gasteiger partial charge in [0.25, 0.3) is 0 Å². The van der Waals surface area contributed by atoms with Gasteiger partial charge in [-0.1, -0.05) is 101 Å². The molecule has 0 aromatic carbocycles. The van der Waals surface area contributed by atoms with E-state index in [1.165, 1.54) is 44.9 Å². The van der Waals surface area contributed by atoms with E-state index in [0.717, 1.165) is 64.2 Å². The highest BCUT2D eigenvalue weighted by molar-refractivity contribution is 5.89. The molecule has 0 aliphatic rings. The number of carbonyl (C=O) groups is 1. The van der Waals surface area contributed by atoms with Crippen molar-refractivity contribution in [1.82, 2.24) is 0 Å². The highest BCUT2D eigenvalue weighted by atomic mass is 16.3. The first-order valence-electron chi connectivity index (χ1n) is 14.4. The fourth-order valence-corrected chi connectivity index (χ4v) is 3.96. The topological polar surface area (TPSA) is 77.8 Å². The van der Waals surface area contributed by atoms with Gasteiger partial charge in [-0.3, -0.25) is 4.79 Å². The summed E-state index contributed by atoms with van der Waals surface area (Å²) in [6.45, 7) is -0.207. The normalized spacial score (nSPS) is 12.5. The van der Waals surface area contributed by atoms with Crippen molar-refractivity contribution in [3.8, 4) is 36.0 Å². The Morgan fingerprint density at radius 3 is 1.86 bits per heavy atom. The molecule has 0 radical (unpaired) electrons. The minimum absolute atomic E-state index is 0.207. The maximum atomic E-state index is 12.0. The van der Waals surface area contributed by atoms with E-state index in [9.17, 15) is 15.0 Å². The molecular weight excluding hydrogens is 460 g/mol. The Bertz CT molecular complexity index is 766. The Balaban J connectivity index is 3.41. The summed E-state index contributed by atoms with van der Waals surface area (Å²) in [5, 5.41) is 27.5. The van der Waals surface area contributed by atoms with Gasteiger partial charge in [-0.05, 0) is 68.9 Å². The second-order valence-electron chi connectivity index (χ2n) is 9.57. The van der Waals surface area contributed by atoms with E-state index >= 15 is 0 Å². The van der Waals surface area contributed by atoms with Crippen molar-refractivity contribution in [1.29, 1.82) is 0 Å². The third kappa shape index (κ3) is 28.1. The summed E-state index contributed by atoms with van der Waals surface area (Å²) in [6, 6.07) is 0. The molecule has 0 spiro atoms. The molecular formula is C33H50O4. The van der Waals surface area contributed by atoms with Gasteiger partial charge < -0.3 is 15.3 Å². The van der Waals surface area contributed by atoms with Crippen LogP contribution in [-0.4, -0.2) is 39.9 Å². The molecule has 0 aromatic rings. The molecule has 37 heavy (non-hydrogen) atoms. The number of hydrogen-bond acceptors (Lipinski definition) is 4. The van der Waals surface area contributed by atoms with Crippen LogP contribution in [-0.2, 0) is 4.79 Å². The molecule has 0 rings (SSSR count). The molecule has 0 aliphatic carbocycles. The maximum absolute atomic E-state index is 12.0. The van der Waals surface area contributed by atoms with E-state index in [1.807, 2.05) is 12.2 Å². The molecule has 206 valence electrons. The number of terminal acetylenes is 1. The number of rotatable bonds is 23. The van der Waals surface area contributed by atoms with E-state index in [4.69, 9.17) is 11.5 Å². The standard InChI is InChI=1S/C33H50O4/c1-2-31(35)25-19-14-10-7-5-3-4-6-8-11-15-20-26-32(36)27-21-16-12-9-13-17-22-28-33(37)29-23-18-24-30-34/h1,19-20,25-26,31,33-35,37H,3-17,21-22,27-28,30H2/b25-19+,26-20+. The van der Waals surface area contributed by atoms with E-state index in [0.29, 0.717) is 12.8 Å². The van der Waals surface area contributed by atoms with Crippen LogP contribution >= 0.6 is 0 Å². The van der Waals surface area contributed by atoms with Crippen molar-refractivity contribution in [2.45, 2.75) is 134 Å². The lowest BCUT2D eigenvalue weighted by molar-refractivity contribution is -0.114. The van der Waals surface area contributed by atoms with Crippen LogP contribution in [0.2, 0.25) is 0 Å². The van der Waals surface area contributed by atoms with E-state index in [1.54, 1.807) is 12.2 Å². The number of aliphatic hydroxyl groups is 3. The van der Waals surface area contributed by atoms with Crippen molar-refractivity contribution in [2.24, 2.45) is 0 Å². The second kappa shape index (κ2) is 28.3. The first kappa shape index (κ1) is 34.7. The van der Waals surface area contributed by atoms with Crippen LogP contribution in [0, 0.1) is 36.0 Å². The molecule has 0 aromatic heterocycles. The van der Waals surface area contributed by atoms with Gasteiger partial charge in [0.05, 0.1) is 0 Å². The van der Waals surface area contributed by atoms with Crippen LogP contribution in [0.1, 0.15) is 122 Å². The van der Waals surface area contributed by atoms with Crippen molar-refractivity contribution in [2.75, 3.05) is 6.61 Å². The fourth-order valence-electron chi connectivity index (χ4n) is 3.96. The van der Waals surface area contributed by atoms with Crippen LogP contribution < -0.4 is 0 Å². The molecule has 0 fully saturated rings. The zero-order valence-corrected chi connectivity index (χ0v) is 22.9. The SMILES string of the molecule is C#CC(O)/C=C/CCCCCCCCCC/C=C/C(=O)CCCCCCCCCC(O)C#CC#CCO. The number of allylic oxidation sites excluding steroid dienone is 3. The van der Waals surface area contributed by atoms with Crippen molar-refractivity contribution in [3.63, 3.8) is 0 Å². The number of ketones is 1. The third-order valence-electron chi connectivity index (χ3n) is 6.15. The van der Waals surface area contributed by atoms with Crippen LogP contribution in [0.25, 0.3) is 0 Å². The number of carbonyl (C=O) groups excluding carboxylic acids is 1. The molecule has 0 saturated carbocycles. The Kier molecular flexibility index (Phi) is 26.5. The molecule has 0 bridgehead atoms. The highest BCUT2D eigenvalue weighted by Crippen LogP contribution is 2.13. The predicted molar refractivity (Wildman–Crippen MR) is 154 cm³/mol. The lowest BCUT2D eigenvalue weighted by Crippen LogP contribution is -2.02. The van der Waals surface area contributed by atoms with Gasteiger partial charge in [0.1, 0.15) is 18.8 Å². The van der Waals surface area contributed by atoms with E-state index in [2.05, 4.69) is 29.6 Å². The molecule has 0 amide bonds. The molecule has 0 aliphatic heterocycles. The third-order valence-corrected chi connectivity index (χ3v) is 6.15. The quantitative estimate of drug-likeness (QED) is 0.0640. The Hall–Kier alpha value is -2.29. The largest absolute Gasteiger partial charge is 0.384 e. The van der Waals surface area contributed by atoms with Crippen molar-refractivity contribution < 1.29 is 20.1 Å². The zero-order chi connectivity index (χ0) is 27.2. The summed E-state index contributed by atoms with van der Waals surface area (Å²) in [5.41, 5.74) is 0. The minimum Gasteiger partial charge on any atom is -0.384 e. The van der Waals surface area contributed by atoms with E-state index < -0.39 is 12.2 Å². The zero-order valence-electron chi connectivity index (χ0n) is 22.9. The number of hydrogen-bond donors (Lipinski definition) is 3. The summed E-state index contributed by atoms with van der Waals surface area (Å²) in [6.07, 6.45) is 32.0. The first-order valence-corrected chi connectivity index (χ1v) is 14.4. The highest BCUT2D eigenvalue weighted by Gasteiger charge is 2.00. The Morgan fingerprint density at radius 1 is 0.730 bits per heavy atom. The predicted octanol–water partition coefficient (Wildman–Crippen LogP) is 6.43. The maximum Gasteiger partial charge on any atom is 0.155 e. The summed E-state index contributed by atoms with van der Waals surface area (Å²) < 4.78 is 0. The molecule has 0 heterocycles. The van der Waals surface area contributed by atoms with E-state index in [-0.39, 0.29) is 12.4 Å². The average molecular weight is 511 g/mol. The van der Waals surface area contributed by atoms with Crippen molar-refractivity contribution in [3.05, 3.63) is 24.3 Å². The van der Waals surface area contributed by atoms with Crippen LogP contribution in [0.5, 0.6) is 0 Å². The Morgan fingerprint density at radius 2 is 1.27 bits per heavy atom. The lowest BCUT2D eigenvalue weighted by atomic mass is 10.0. The molecule has 4 heteroatoms. The van der Waals surface area contributed by atoms with Gasteiger partial charge in [0, 0.05) is 6.42 Å². The van der Waals surface area contributed by atoms with Gasteiger partial charge in [-0.2, -0.15) is 0 Å². The van der Waals surface area contributed by atoms with Gasteiger partial charge in [0.15, 0.2) is 5.78 Å². The first-order chi connectivity index (χ1) is 18.1. The summed E-state index contributed by atoms with van der Waals surface area (Å²) >= 11 is 0. The summed E-state index contributed by atoms with van der Waals surface area (Å²) in [4.78, 5) is 12.0. The molecule has 2 atom stereocenters. The monoisotopic (exact) mass is 510 g/mol. The number of aliphatic hydroxyl groups excluding tert-OH is 3. The van der Waals surface area contributed by atoms with Crippen LogP contribution in [0.3, 0.4) is 0 Å². The smallest absolute Gasteiger partial charge is 0.155 e. The molecule has 2 unspecified atom stereocenters. The molecule has 4 nitrogen and oxygen atoms in total. The summed E-state index contributed by atoms with van der Waals surface area (Å²) in [5.74, 6) is 12.6. The van der Waals surface area contributed by atoms with Crippen LogP contribution in [0.15, 0.2) is 24.3 Å². The summed E-state index contributed by atoms with van der Waals surface area (Å²) in [7, 11) is 0. The van der Waals surface area contributed by atoms with Gasteiger partial charge in [0.2, 0.25) is 0 Å². The minimum atomic E-state index is -0.745. The fraction of sp³-hybridized carbons (Fsp3) is 0.667.